The van der Waals surface area contributed by atoms with Gasteiger partial charge in [-0.15, -0.1) is 24.0 Å². The summed E-state index contributed by atoms with van der Waals surface area (Å²) in [7, 11) is 5.45. The third-order valence-electron chi connectivity index (χ3n) is 3.90. The monoisotopic (exact) mass is 449 g/mol. The number of ether oxygens (including phenoxy) is 3. The number of benzene rings is 1. The quantitative estimate of drug-likeness (QED) is 0.393. The maximum atomic E-state index is 5.75. The average molecular weight is 449 g/mol. The fraction of sp³-hybridized carbons (Fsp3) is 0.588. The van der Waals surface area contributed by atoms with Gasteiger partial charge in [0.05, 0.1) is 26.9 Å². The summed E-state index contributed by atoms with van der Waals surface area (Å²) in [6, 6.07) is 7.59. The Kier molecular flexibility index (Phi) is 8.61. The molecule has 1 fully saturated rings. The number of methoxy groups -OCH3 is 1. The van der Waals surface area contributed by atoms with Crippen LogP contribution in [0, 0.1) is 5.41 Å². The third kappa shape index (κ3) is 6.01. The van der Waals surface area contributed by atoms with Crippen molar-refractivity contribution in [2.45, 2.75) is 6.92 Å². The maximum Gasteiger partial charge on any atom is 0.193 e. The van der Waals surface area contributed by atoms with Crippen LogP contribution >= 0.6 is 24.0 Å². The van der Waals surface area contributed by atoms with E-state index in [4.69, 9.17) is 14.2 Å². The van der Waals surface area contributed by atoms with Gasteiger partial charge in [-0.25, -0.2) is 0 Å². The van der Waals surface area contributed by atoms with Crippen molar-refractivity contribution in [3.63, 3.8) is 0 Å². The number of nitrogens with one attached hydrogen (secondary N) is 1. The zero-order valence-electron chi connectivity index (χ0n) is 14.9. The van der Waals surface area contributed by atoms with Gasteiger partial charge in [-0.1, -0.05) is 6.92 Å². The second kappa shape index (κ2) is 9.93. The van der Waals surface area contributed by atoms with Crippen LogP contribution in [0.4, 0.5) is 0 Å². The first-order valence-corrected chi connectivity index (χ1v) is 7.83. The standard InChI is InChI=1S/C17H27N3O3.HI/c1-17(12-22-13-17)11-19-16(18-2)20(3)9-10-23-15-7-5-14(21-4)6-8-15;/h5-8H,9-13H2,1-4H3,(H,18,19);1H. The van der Waals surface area contributed by atoms with E-state index in [0.717, 1.165) is 43.8 Å². The molecule has 0 unspecified atom stereocenters. The van der Waals surface area contributed by atoms with E-state index < -0.39 is 0 Å². The molecule has 0 atom stereocenters. The predicted octanol–water partition coefficient (Wildman–Crippen LogP) is 2.24. The molecule has 1 aromatic rings. The Labute approximate surface area is 161 Å². The summed E-state index contributed by atoms with van der Waals surface area (Å²) in [4.78, 5) is 6.38. The lowest BCUT2D eigenvalue weighted by Crippen LogP contribution is -2.51. The number of nitrogens with zero attached hydrogens (tertiary/aromatic N) is 2. The van der Waals surface area contributed by atoms with Crippen LogP contribution in [-0.2, 0) is 4.74 Å². The lowest BCUT2D eigenvalue weighted by atomic mass is 9.89. The minimum atomic E-state index is 0. The number of aliphatic imine (C=N–C) groups is 1. The van der Waals surface area contributed by atoms with Crippen LogP contribution in [0.1, 0.15) is 6.92 Å². The molecule has 0 aromatic heterocycles. The molecule has 1 N–H and O–H groups in total. The van der Waals surface area contributed by atoms with Gasteiger partial charge in [-0.05, 0) is 24.3 Å². The fourth-order valence-corrected chi connectivity index (χ4v) is 2.31. The highest BCUT2D eigenvalue weighted by molar-refractivity contribution is 14.0. The summed E-state index contributed by atoms with van der Waals surface area (Å²) in [6.07, 6.45) is 0. The number of likely N-dealkylation sites (N-methyl/N-ethyl adjacent to an activating group) is 1. The molecule has 2 rings (SSSR count). The van der Waals surface area contributed by atoms with Gasteiger partial charge in [-0.2, -0.15) is 0 Å². The Morgan fingerprint density at radius 2 is 1.92 bits per heavy atom. The highest BCUT2D eigenvalue weighted by Crippen LogP contribution is 2.25. The molecule has 24 heavy (non-hydrogen) atoms. The maximum absolute atomic E-state index is 5.75. The number of halogens is 1. The highest BCUT2D eigenvalue weighted by atomic mass is 127. The van der Waals surface area contributed by atoms with Crippen LogP contribution in [0.3, 0.4) is 0 Å². The van der Waals surface area contributed by atoms with Gasteiger partial charge in [0.15, 0.2) is 5.96 Å². The number of hydrogen-bond donors (Lipinski definition) is 1. The zero-order chi connectivity index (χ0) is 16.7. The number of hydrogen-bond acceptors (Lipinski definition) is 4. The van der Waals surface area contributed by atoms with Crippen molar-refractivity contribution in [1.29, 1.82) is 0 Å². The molecule has 0 saturated carbocycles. The number of rotatable bonds is 7. The molecule has 0 amide bonds. The van der Waals surface area contributed by atoms with Gasteiger partial charge < -0.3 is 24.4 Å². The van der Waals surface area contributed by atoms with E-state index in [1.54, 1.807) is 14.2 Å². The van der Waals surface area contributed by atoms with Crippen LogP contribution in [0.2, 0.25) is 0 Å². The molecule has 1 aliphatic heterocycles. The summed E-state index contributed by atoms with van der Waals surface area (Å²) in [6.45, 7) is 6.03. The Hall–Kier alpha value is -1.22. The molecule has 0 aliphatic carbocycles. The summed E-state index contributed by atoms with van der Waals surface area (Å²) in [5, 5.41) is 3.40. The molecular formula is C17H28IN3O3. The molecule has 1 saturated heterocycles. The molecule has 1 aromatic carbocycles. The Balaban J connectivity index is 0.00000288. The van der Waals surface area contributed by atoms with Crippen molar-refractivity contribution >= 4 is 29.9 Å². The molecular weight excluding hydrogens is 421 g/mol. The smallest absolute Gasteiger partial charge is 0.193 e. The van der Waals surface area contributed by atoms with E-state index in [-0.39, 0.29) is 29.4 Å². The van der Waals surface area contributed by atoms with Crippen molar-refractivity contribution < 1.29 is 14.2 Å². The average Bonchev–Trinajstić information content (AvgIpc) is 2.54. The second-order valence-corrected chi connectivity index (χ2v) is 6.15. The Morgan fingerprint density at radius 1 is 1.29 bits per heavy atom. The van der Waals surface area contributed by atoms with Crippen molar-refractivity contribution in [3.8, 4) is 11.5 Å². The minimum Gasteiger partial charge on any atom is -0.497 e. The molecule has 1 heterocycles. The normalized spacial score (nSPS) is 15.8. The van der Waals surface area contributed by atoms with Gasteiger partial charge in [0.1, 0.15) is 18.1 Å². The predicted molar refractivity (Wildman–Crippen MR) is 107 cm³/mol. The van der Waals surface area contributed by atoms with Crippen LogP contribution in [0.5, 0.6) is 11.5 Å². The summed E-state index contributed by atoms with van der Waals surface area (Å²) >= 11 is 0. The molecule has 7 heteroatoms. The Morgan fingerprint density at radius 3 is 2.42 bits per heavy atom. The van der Waals surface area contributed by atoms with E-state index in [9.17, 15) is 0 Å². The van der Waals surface area contributed by atoms with Crippen molar-refractivity contribution in [2.24, 2.45) is 10.4 Å². The number of guanidine groups is 1. The molecule has 1 aliphatic rings. The highest BCUT2D eigenvalue weighted by Gasteiger charge is 2.33. The SMILES string of the molecule is CN=C(NCC1(C)COC1)N(C)CCOc1ccc(OC)cc1.I. The molecule has 136 valence electrons. The van der Waals surface area contributed by atoms with E-state index >= 15 is 0 Å². The first-order valence-electron chi connectivity index (χ1n) is 7.83. The van der Waals surface area contributed by atoms with E-state index in [1.165, 1.54) is 0 Å². The van der Waals surface area contributed by atoms with Crippen molar-refractivity contribution in [2.75, 3.05) is 54.1 Å². The van der Waals surface area contributed by atoms with Gasteiger partial charge in [-0.3, -0.25) is 4.99 Å². The van der Waals surface area contributed by atoms with Gasteiger partial charge in [0.2, 0.25) is 0 Å². The zero-order valence-corrected chi connectivity index (χ0v) is 17.2. The summed E-state index contributed by atoms with van der Waals surface area (Å²) < 4.78 is 16.2. The van der Waals surface area contributed by atoms with Gasteiger partial charge in [0.25, 0.3) is 0 Å². The fourth-order valence-electron chi connectivity index (χ4n) is 2.31. The van der Waals surface area contributed by atoms with Crippen LogP contribution in [-0.4, -0.2) is 65.0 Å². The molecule has 6 nitrogen and oxygen atoms in total. The topological polar surface area (TPSA) is 55.3 Å². The van der Waals surface area contributed by atoms with Crippen molar-refractivity contribution in [1.82, 2.24) is 10.2 Å². The minimum absolute atomic E-state index is 0. The Bertz CT molecular complexity index is 518. The first kappa shape index (κ1) is 20.8. The molecule has 0 radical (unpaired) electrons. The van der Waals surface area contributed by atoms with Gasteiger partial charge >= 0.3 is 0 Å². The van der Waals surface area contributed by atoms with Crippen molar-refractivity contribution in [3.05, 3.63) is 24.3 Å². The summed E-state index contributed by atoms with van der Waals surface area (Å²) in [5.41, 5.74) is 0.219. The van der Waals surface area contributed by atoms with Crippen LogP contribution < -0.4 is 14.8 Å². The molecule has 0 spiro atoms. The lowest BCUT2D eigenvalue weighted by Gasteiger charge is -2.39. The van der Waals surface area contributed by atoms with Crippen LogP contribution in [0.25, 0.3) is 0 Å². The first-order chi connectivity index (χ1) is 11.1. The van der Waals surface area contributed by atoms with E-state index in [2.05, 4.69) is 22.1 Å². The molecule has 0 bridgehead atoms. The largest absolute Gasteiger partial charge is 0.497 e. The summed E-state index contributed by atoms with van der Waals surface area (Å²) in [5.74, 6) is 2.53. The lowest BCUT2D eigenvalue weighted by molar-refractivity contribution is -0.0972. The third-order valence-corrected chi connectivity index (χ3v) is 3.90. The van der Waals surface area contributed by atoms with E-state index in [0.29, 0.717) is 6.61 Å². The van der Waals surface area contributed by atoms with Crippen LogP contribution in [0.15, 0.2) is 29.3 Å². The second-order valence-electron chi connectivity index (χ2n) is 6.15. The van der Waals surface area contributed by atoms with E-state index in [1.807, 2.05) is 31.3 Å². The van der Waals surface area contributed by atoms with Gasteiger partial charge in [0, 0.05) is 26.1 Å².